The Morgan fingerprint density at radius 2 is 1.92 bits per heavy atom. The Labute approximate surface area is 72.9 Å². The maximum absolute atomic E-state index is 11.1. The Balaban J connectivity index is 0.00000121. The fourth-order valence-electron chi connectivity index (χ4n) is 1.23. The van der Waals surface area contributed by atoms with Gasteiger partial charge in [-0.3, -0.25) is 10.1 Å². The van der Waals surface area contributed by atoms with Gasteiger partial charge in [0.1, 0.15) is 5.54 Å². The Morgan fingerprint density at radius 3 is 2.08 bits per heavy atom. The molecule has 0 saturated carbocycles. The number of nitrogens with one attached hydrogen (secondary N) is 1. The first-order chi connectivity index (χ1) is 5.00. The lowest BCUT2D eigenvalue weighted by molar-refractivity contribution is -0.125. The smallest absolute Gasteiger partial charge is 0.311 e. The first-order valence-corrected chi connectivity index (χ1v) is 3.63. The van der Waals surface area contributed by atoms with Crippen LogP contribution in [-0.4, -0.2) is 28.9 Å². The predicted molar refractivity (Wildman–Crippen MR) is 46.7 cm³/mol. The molecule has 3 amide bonds. The van der Waals surface area contributed by atoms with Crippen LogP contribution in [0.4, 0.5) is 4.79 Å². The summed E-state index contributed by atoms with van der Waals surface area (Å²) in [5.41, 5.74) is -0.675. The van der Waals surface area contributed by atoms with E-state index in [1.165, 1.54) is 4.90 Å². The Bertz CT molecular complexity index is 211. The summed E-state index contributed by atoms with van der Waals surface area (Å²) >= 11 is 0. The molecule has 1 fully saturated rings. The van der Waals surface area contributed by atoms with Crippen LogP contribution in [-0.2, 0) is 4.79 Å². The van der Waals surface area contributed by atoms with E-state index in [-0.39, 0.29) is 19.4 Å². The molecule has 1 rings (SSSR count). The number of imide groups is 1. The predicted octanol–water partition coefficient (Wildman–Crippen LogP) is 0.973. The van der Waals surface area contributed by atoms with Gasteiger partial charge < -0.3 is 4.90 Å². The van der Waals surface area contributed by atoms with Gasteiger partial charge in [0.15, 0.2) is 0 Å². The van der Waals surface area contributed by atoms with Crippen LogP contribution >= 0.6 is 0 Å². The van der Waals surface area contributed by atoms with E-state index < -0.39 is 5.54 Å². The highest BCUT2D eigenvalue weighted by atomic mass is 16.2. The van der Waals surface area contributed by atoms with Gasteiger partial charge in [-0.2, -0.15) is 0 Å². The molecule has 0 aromatic carbocycles. The number of nitrogens with zero attached hydrogens (tertiary/aromatic N) is 1. The second-order valence-corrected chi connectivity index (χ2v) is 3.06. The van der Waals surface area contributed by atoms with Crippen LogP contribution in [0.5, 0.6) is 0 Å². The minimum atomic E-state index is -0.675. The second-order valence-electron chi connectivity index (χ2n) is 3.06. The topological polar surface area (TPSA) is 49.4 Å². The molecule has 1 aliphatic heterocycles. The fraction of sp³-hybridized carbons (Fsp3) is 0.750. The zero-order valence-corrected chi connectivity index (χ0v) is 6.97. The van der Waals surface area contributed by atoms with Crippen molar-refractivity contribution in [3.63, 3.8) is 0 Å². The first kappa shape index (κ1) is 10.9. The van der Waals surface area contributed by atoms with Crippen LogP contribution < -0.4 is 5.32 Å². The van der Waals surface area contributed by atoms with Gasteiger partial charge in [-0.15, -0.1) is 0 Å². The van der Waals surface area contributed by atoms with Gasteiger partial charge in [0, 0.05) is 6.54 Å². The highest BCUT2D eigenvalue weighted by Gasteiger charge is 2.44. The van der Waals surface area contributed by atoms with Gasteiger partial charge in [0.2, 0.25) is 0 Å². The van der Waals surface area contributed by atoms with Crippen molar-refractivity contribution in [2.75, 3.05) is 6.54 Å². The fourth-order valence-corrected chi connectivity index (χ4v) is 1.23. The quantitative estimate of drug-likeness (QED) is 0.599. The maximum Gasteiger partial charge on any atom is 0.324 e. The maximum atomic E-state index is 11.1. The Kier molecular flexibility index (Phi) is 2.85. The third-order valence-electron chi connectivity index (χ3n) is 2.01. The van der Waals surface area contributed by atoms with Crippen molar-refractivity contribution in [1.82, 2.24) is 10.2 Å². The summed E-state index contributed by atoms with van der Waals surface area (Å²) in [5.74, 6) is -0.218. The molecule has 0 aromatic rings. The number of likely N-dealkylation sites (N-methyl/N-ethyl adjacent to an activating group) is 1. The van der Waals surface area contributed by atoms with Gasteiger partial charge >= 0.3 is 6.03 Å². The molecule has 4 nitrogen and oxygen atoms in total. The van der Waals surface area contributed by atoms with Crippen molar-refractivity contribution in [2.45, 2.75) is 33.7 Å². The van der Waals surface area contributed by atoms with E-state index >= 15 is 0 Å². The van der Waals surface area contributed by atoms with E-state index in [2.05, 4.69) is 5.32 Å². The molecule has 1 N–H and O–H groups in total. The molecule has 0 spiro atoms. The van der Waals surface area contributed by atoms with Crippen LogP contribution in [0.3, 0.4) is 0 Å². The molecule has 0 bridgehead atoms. The third-order valence-corrected chi connectivity index (χ3v) is 2.01. The average molecular weight is 172 g/mol. The molecule has 1 saturated heterocycles. The van der Waals surface area contributed by atoms with Crippen LogP contribution in [0.2, 0.25) is 0 Å². The van der Waals surface area contributed by atoms with Gasteiger partial charge in [-0.05, 0) is 20.8 Å². The summed E-state index contributed by atoms with van der Waals surface area (Å²) in [6.07, 6.45) is 0. The molecular formula is C8H16N2O2. The van der Waals surface area contributed by atoms with Gasteiger partial charge in [0.05, 0.1) is 0 Å². The van der Waals surface area contributed by atoms with E-state index in [0.29, 0.717) is 6.54 Å². The number of amides is 3. The highest BCUT2D eigenvalue weighted by Crippen LogP contribution is 2.19. The number of carbonyl (C=O) groups excluding carboxylic acids is 2. The highest BCUT2D eigenvalue weighted by molar-refractivity contribution is 6.06. The van der Waals surface area contributed by atoms with Crippen molar-refractivity contribution >= 4 is 11.9 Å². The van der Waals surface area contributed by atoms with Crippen LogP contribution in [0.15, 0.2) is 0 Å². The van der Waals surface area contributed by atoms with E-state index in [9.17, 15) is 9.59 Å². The Morgan fingerprint density at radius 1 is 1.42 bits per heavy atom. The van der Waals surface area contributed by atoms with Crippen molar-refractivity contribution in [2.24, 2.45) is 0 Å². The summed E-state index contributed by atoms with van der Waals surface area (Å²) in [5, 5.41) is 2.26. The molecule has 70 valence electrons. The minimum Gasteiger partial charge on any atom is -0.311 e. The summed E-state index contributed by atoms with van der Waals surface area (Å²) in [4.78, 5) is 23.6. The van der Waals surface area contributed by atoms with Crippen LogP contribution in [0.1, 0.15) is 28.2 Å². The van der Waals surface area contributed by atoms with Crippen molar-refractivity contribution < 1.29 is 9.59 Å². The van der Waals surface area contributed by atoms with Gasteiger partial charge in [0.25, 0.3) is 5.91 Å². The summed E-state index contributed by atoms with van der Waals surface area (Å²) in [6.45, 7) is 5.87. The second kappa shape index (κ2) is 3.13. The molecule has 0 aromatic heterocycles. The summed E-state index contributed by atoms with van der Waals surface area (Å²) in [6, 6.07) is -0.289. The number of hydrogen-bond donors (Lipinski definition) is 1. The normalized spacial score (nSPS) is 20.4. The van der Waals surface area contributed by atoms with Crippen molar-refractivity contribution in [1.29, 1.82) is 0 Å². The number of carbonyl (C=O) groups is 2. The lowest BCUT2D eigenvalue weighted by Crippen LogP contribution is -2.43. The van der Waals surface area contributed by atoms with Crippen LogP contribution in [0, 0.1) is 0 Å². The lowest BCUT2D eigenvalue weighted by atomic mass is 10.1. The van der Waals surface area contributed by atoms with Crippen LogP contribution in [0.25, 0.3) is 0 Å². The zero-order chi connectivity index (χ0) is 8.65. The lowest BCUT2D eigenvalue weighted by Gasteiger charge is -2.26. The molecule has 4 heteroatoms. The number of urea groups is 1. The van der Waals surface area contributed by atoms with Crippen molar-refractivity contribution in [3.8, 4) is 0 Å². The SMILES string of the molecule is C.CCN1C(=O)NC(=O)C1(C)C. The monoisotopic (exact) mass is 172 g/mol. The summed E-state index contributed by atoms with van der Waals surface area (Å²) in [7, 11) is 0. The van der Waals surface area contributed by atoms with E-state index in [0.717, 1.165) is 0 Å². The Hall–Kier alpha value is -1.06. The third kappa shape index (κ3) is 1.29. The molecule has 12 heavy (non-hydrogen) atoms. The zero-order valence-electron chi connectivity index (χ0n) is 6.97. The van der Waals surface area contributed by atoms with E-state index in [1.54, 1.807) is 13.8 Å². The molecule has 0 atom stereocenters. The molecule has 0 aliphatic carbocycles. The largest absolute Gasteiger partial charge is 0.324 e. The first-order valence-electron chi connectivity index (χ1n) is 3.63. The molecule has 0 radical (unpaired) electrons. The van der Waals surface area contributed by atoms with E-state index in [1.807, 2.05) is 6.92 Å². The summed E-state index contributed by atoms with van der Waals surface area (Å²) < 4.78 is 0. The molecule has 1 heterocycles. The number of hydrogen-bond acceptors (Lipinski definition) is 2. The minimum absolute atomic E-state index is 0. The van der Waals surface area contributed by atoms with Gasteiger partial charge in [-0.25, -0.2) is 4.79 Å². The molecule has 1 aliphatic rings. The molecule has 0 unspecified atom stereocenters. The van der Waals surface area contributed by atoms with Crippen molar-refractivity contribution in [3.05, 3.63) is 0 Å². The number of rotatable bonds is 1. The van der Waals surface area contributed by atoms with Gasteiger partial charge in [-0.1, -0.05) is 7.43 Å². The average Bonchev–Trinajstić information content (AvgIpc) is 2.04. The molecular weight excluding hydrogens is 156 g/mol. The van der Waals surface area contributed by atoms with E-state index in [4.69, 9.17) is 0 Å². The standard InChI is InChI=1S/C7H12N2O2.CH4/c1-4-9-6(11)8-5(10)7(9,2)3;/h4H2,1-3H3,(H,8,10,11);1H4.